The minimum atomic E-state index is -1.91. The van der Waals surface area contributed by atoms with Crippen LogP contribution in [0.3, 0.4) is 0 Å². The Labute approximate surface area is 348 Å². The van der Waals surface area contributed by atoms with Crippen molar-refractivity contribution in [3.63, 3.8) is 0 Å². The molecule has 3 heteroatoms. The molecule has 302 valence electrons. The molecule has 0 aliphatic rings. The van der Waals surface area contributed by atoms with E-state index < -0.39 is 30.3 Å². The summed E-state index contributed by atoms with van der Waals surface area (Å²) in [4.78, 5) is 5.58. The molecule has 0 N–H and O–H groups in total. The highest BCUT2D eigenvalue weighted by Gasteiger charge is 2.35. The summed E-state index contributed by atoms with van der Waals surface area (Å²) in [6.07, 6.45) is 0. The summed E-state index contributed by atoms with van der Waals surface area (Å²) in [5, 5.41) is 0. The summed E-state index contributed by atoms with van der Waals surface area (Å²) in [6.45, 7) is 53.9. The lowest BCUT2D eigenvalue weighted by molar-refractivity contribution is 0.801. The van der Waals surface area contributed by atoms with Crippen molar-refractivity contribution in [1.82, 2.24) is 0 Å². The SMILES string of the molecule is CC(C)c1cc(C(C)C)c(-c2c(C(C)C)cc(C(C)C)c(-c3c(C(C)C)cc(C(C)C)cc3C(C)C)[c]2[Al](/[CH]=C/[Si](C)(C)C)/[CH]=C/[Si](C)(C)C)c(C(C)C)c1. The molecule has 0 aliphatic heterocycles. The topological polar surface area (TPSA) is 0 Å². The monoisotopic (exact) mass is 791 g/mol. The molecule has 0 aromatic heterocycles. The summed E-state index contributed by atoms with van der Waals surface area (Å²) in [7, 11) is -3.03. The van der Waals surface area contributed by atoms with E-state index in [1.807, 2.05) is 0 Å². The van der Waals surface area contributed by atoms with Gasteiger partial charge in [-0.25, -0.2) is 0 Å². The fourth-order valence-electron chi connectivity index (χ4n) is 8.08. The highest BCUT2D eigenvalue weighted by molar-refractivity contribution is 6.90. The smallest absolute Gasteiger partial charge is 0.143 e. The van der Waals surface area contributed by atoms with Crippen molar-refractivity contribution in [2.75, 3.05) is 0 Å². The lowest BCUT2D eigenvalue weighted by Gasteiger charge is -2.34. The quantitative estimate of drug-likeness (QED) is 0.135. The first-order valence-corrected chi connectivity index (χ1v) is 31.2. The van der Waals surface area contributed by atoms with E-state index in [2.05, 4.69) is 202 Å². The molecule has 3 rings (SSSR count). The van der Waals surface area contributed by atoms with Crippen molar-refractivity contribution in [2.24, 2.45) is 0 Å². The van der Waals surface area contributed by atoms with Gasteiger partial charge in [-0.2, -0.15) is 0 Å². The van der Waals surface area contributed by atoms with Gasteiger partial charge >= 0.3 is 14.1 Å². The van der Waals surface area contributed by atoms with Crippen LogP contribution in [0.2, 0.25) is 39.3 Å². The van der Waals surface area contributed by atoms with Crippen LogP contribution >= 0.6 is 0 Å². The van der Waals surface area contributed by atoms with E-state index in [-0.39, 0.29) is 0 Å². The van der Waals surface area contributed by atoms with Crippen LogP contribution in [-0.2, 0) is 0 Å². The van der Waals surface area contributed by atoms with Crippen LogP contribution in [0, 0.1) is 0 Å². The van der Waals surface area contributed by atoms with E-state index in [9.17, 15) is 0 Å². The number of rotatable bonds is 15. The molecule has 0 fully saturated rings. The fraction of sp³-hybridized carbons (Fsp3) is 0.577. The van der Waals surface area contributed by atoms with Gasteiger partial charge in [0.1, 0.15) is 0 Å². The third-order valence-electron chi connectivity index (χ3n) is 11.4. The van der Waals surface area contributed by atoms with Crippen molar-refractivity contribution in [2.45, 2.75) is 197 Å². The first kappa shape index (κ1) is 47.5. The minimum absolute atomic E-state index is 0.388. The maximum atomic E-state index is 2.79. The minimum Gasteiger partial charge on any atom is -0.143 e. The van der Waals surface area contributed by atoms with E-state index in [0.29, 0.717) is 47.3 Å². The van der Waals surface area contributed by atoms with Crippen LogP contribution in [0.15, 0.2) is 51.6 Å². The Morgan fingerprint density at radius 1 is 0.345 bits per heavy atom. The average molecular weight is 791 g/mol. The van der Waals surface area contributed by atoms with Gasteiger partial charge < -0.3 is 0 Å². The predicted molar refractivity (Wildman–Crippen MR) is 260 cm³/mol. The first-order chi connectivity index (χ1) is 25.2. The highest BCUT2D eigenvalue weighted by Crippen LogP contribution is 2.47. The predicted octanol–water partition coefficient (Wildman–Crippen LogP) is 16.7. The van der Waals surface area contributed by atoms with Gasteiger partial charge in [0.2, 0.25) is 0 Å². The van der Waals surface area contributed by atoms with Crippen LogP contribution in [0.1, 0.15) is 203 Å². The molecular weight excluding hydrogens is 708 g/mol. The molecule has 0 radical (unpaired) electrons. The van der Waals surface area contributed by atoms with Gasteiger partial charge in [-0.05, 0) is 114 Å². The lowest BCUT2D eigenvalue weighted by atomic mass is 9.74. The molecule has 0 spiro atoms. The van der Waals surface area contributed by atoms with Crippen molar-refractivity contribution < 1.29 is 0 Å². The summed E-state index contributed by atoms with van der Waals surface area (Å²) in [5.41, 5.74) is 23.8. The maximum Gasteiger partial charge on any atom is 0.368 e. The molecule has 0 bridgehead atoms. The third-order valence-corrected chi connectivity index (χ3v) is 17.0. The van der Waals surface area contributed by atoms with Gasteiger partial charge in [-0.3, -0.25) is 0 Å². The van der Waals surface area contributed by atoms with Gasteiger partial charge in [0.15, 0.2) is 0 Å². The molecule has 0 saturated heterocycles. The standard InChI is InChI=1S/C42H61.2C5H11Si.Al/c1-23(2)31-17-35(27(9)10)41(36(18-31)28(11)12)39-22-40(34(26(7)8)21-33(39)25(5)6)42-37(29(13)14)19-32(24(3)4)20-38(42)30(15)16;2*1-5-6(2,3)4;/h17-21,23-30H,1-16H3;2*1,5H,2-4H3;. The second-order valence-electron chi connectivity index (χ2n) is 21.6. The molecule has 0 amide bonds. The third kappa shape index (κ3) is 11.6. The zero-order chi connectivity index (χ0) is 42.1. The van der Waals surface area contributed by atoms with Gasteiger partial charge in [-0.15, -0.1) is 21.3 Å². The van der Waals surface area contributed by atoms with Crippen LogP contribution < -0.4 is 4.43 Å². The second kappa shape index (κ2) is 18.8. The Morgan fingerprint density at radius 3 is 0.782 bits per heavy atom. The van der Waals surface area contributed by atoms with Gasteiger partial charge in [0, 0.05) is 0 Å². The van der Waals surface area contributed by atoms with Crippen LogP contribution in [0.5, 0.6) is 0 Å². The van der Waals surface area contributed by atoms with Crippen molar-refractivity contribution in [3.8, 4) is 22.3 Å². The van der Waals surface area contributed by atoms with E-state index in [0.717, 1.165) is 0 Å². The zero-order valence-electron chi connectivity index (χ0n) is 39.9. The normalized spacial score (nSPS) is 13.3. The summed E-state index contributed by atoms with van der Waals surface area (Å²) >= 11 is -1.91. The Hall–Kier alpha value is -1.89. The Morgan fingerprint density at radius 2 is 0.582 bits per heavy atom. The van der Waals surface area contributed by atoms with Gasteiger partial charge in [0.25, 0.3) is 0 Å². The summed E-state index contributed by atoms with van der Waals surface area (Å²) in [5.74, 6) is 3.37. The van der Waals surface area contributed by atoms with E-state index in [1.54, 1.807) is 37.8 Å². The number of benzene rings is 3. The van der Waals surface area contributed by atoms with E-state index >= 15 is 0 Å². The molecule has 0 heterocycles. The lowest BCUT2D eigenvalue weighted by Crippen LogP contribution is -2.36. The summed E-state index contributed by atoms with van der Waals surface area (Å²) in [6, 6.07) is 13.1. The molecule has 0 atom stereocenters. The van der Waals surface area contributed by atoms with Gasteiger partial charge in [-0.1, -0.05) is 185 Å². The second-order valence-corrected chi connectivity index (χ2v) is 34.1. The van der Waals surface area contributed by atoms with Crippen LogP contribution in [0.4, 0.5) is 0 Å². The molecule has 0 unspecified atom stereocenters. The molecule has 3 aromatic rings. The molecule has 0 nitrogen and oxygen atoms in total. The average Bonchev–Trinajstić information content (AvgIpc) is 3.04. The van der Waals surface area contributed by atoms with Crippen molar-refractivity contribution in [1.29, 1.82) is 0 Å². The Balaban J connectivity index is 3.05. The van der Waals surface area contributed by atoms with Gasteiger partial charge in [0.05, 0.1) is 16.1 Å². The van der Waals surface area contributed by atoms with Crippen molar-refractivity contribution >= 4 is 34.7 Å². The Bertz CT molecular complexity index is 1640. The molecule has 0 saturated carbocycles. The van der Waals surface area contributed by atoms with Crippen molar-refractivity contribution in [3.05, 3.63) is 96.1 Å². The zero-order valence-corrected chi connectivity index (χ0v) is 43.0. The Kier molecular flexibility index (Phi) is 16.2. The largest absolute Gasteiger partial charge is 0.368 e. The molecule has 3 aromatic carbocycles. The fourth-order valence-corrected chi connectivity index (χ4v) is 16.2. The molecular formula is C52H83AlSi2. The maximum absolute atomic E-state index is 2.79. The van der Waals surface area contributed by atoms with E-state index in [1.165, 1.54) is 33.4 Å². The van der Waals surface area contributed by atoms with Crippen LogP contribution in [0.25, 0.3) is 22.3 Å². The van der Waals surface area contributed by atoms with Crippen LogP contribution in [-0.4, -0.2) is 30.3 Å². The number of hydrogen-bond acceptors (Lipinski definition) is 0. The van der Waals surface area contributed by atoms with E-state index in [4.69, 9.17) is 0 Å². The summed E-state index contributed by atoms with van der Waals surface area (Å²) < 4.78 is 1.68. The first-order valence-electron chi connectivity index (χ1n) is 22.1. The highest BCUT2D eigenvalue weighted by atomic mass is 28.3. The molecule has 0 aliphatic carbocycles. The number of hydrogen-bond donors (Lipinski definition) is 0. The molecule has 55 heavy (non-hydrogen) atoms.